The van der Waals surface area contributed by atoms with Crippen molar-refractivity contribution >= 4 is 17.6 Å². The van der Waals surface area contributed by atoms with Crippen LogP contribution in [0.3, 0.4) is 0 Å². The first-order valence-electron chi connectivity index (χ1n) is 8.95. The van der Waals surface area contributed by atoms with Crippen molar-refractivity contribution in [2.24, 2.45) is 5.73 Å². The number of rotatable bonds is 2. The van der Waals surface area contributed by atoms with E-state index in [1.54, 1.807) is 31.2 Å². The highest BCUT2D eigenvalue weighted by atomic mass is 16.5. The average Bonchev–Trinajstić information content (AvgIpc) is 3.06. The van der Waals surface area contributed by atoms with E-state index in [0.717, 1.165) is 5.57 Å². The highest BCUT2D eigenvalue weighted by molar-refractivity contribution is 6.38. The van der Waals surface area contributed by atoms with Gasteiger partial charge in [0.1, 0.15) is 17.5 Å². The van der Waals surface area contributed by atoms with Crippen LogP contribution in [0.15, 0.2) is 42.0 Å². The lowest BCUT2D eigenvalue weighted by Crippen LogP contribution is -2.46. The van der Waals surface area contributed by atoms with Crippen molar-refractivity contribution in [2.75, 3.05) is 6.61 Å². The van der Waals surface area contributed by atoms with Crippen LogP contribution in [0.4, 0.5) is 0 Å². The minimum Gasteiger partial charge on any atom is -0.493 e. The smallest absolute Gasteiger partial charge is 0.287 e. The summed E-state index contributed by atoms with van der Waals surface area (Å²) in [5, 5.41) is 7.00. The van der Waals surface area contributed by atoms with Crippen molar-refractivity contribution in [1.29, 1.82) is 0 Å². The summed E-state index contributed by atoms with van der Waals surface area (Å²) in [6.07, 6.45) is 2.61. The van der Waals surface area contributed by atoms with Gasteiger partial charge in [-0.15, -0.1) is 0 Å². The molecule has 1 aromatic carbocycles. The largest absolute Gasteiger partial charge is 0.493 e. The Morgan fingerprint density at radius 1 is 1.29 bits per heavy atom. The Hall–Kier alpha value is -3.42. The SMILES string of the molecule is C/C1=C\CC(C(=O)C(N)=O)NC(=O)c2cc(C)nn2-c2cccc(c2)OCC1. The Labute approximate surface area is 162 Å². The molecule has 0 saturated heterocycles. The number of carbonyl (C=O) groups is 3. The van der Waals surface area contributed by atoms with Crippen molar-refractivity contribution in [1.82, 2.24) is 15.1 Å². The highest BCUT2D eigenvalue weighted by Gasteiger charge is 2.26. The first-order valence-corrected chi connectivity index (χ1v) is 8.95. The van der Waals surface area contributed by atoms with E-state index in [-0.39, 0.29) is 12.1 Å². The normalized spacial score (nSPS) is 19.3. The Balaban J connectivity index is 2.05. The standard InChI is InChI=1S/C20H22N4O4/c1-12-6-7-16(18(25)19(21)26)22-20(27)17-10-13(2)23-24(17)14-4-3-5-15(11-14)28-9-8-12/h3-6,10-11,16H,7-9H2,1-2H3,(H2,21,26)(H,22,27)/b12-6+. The number of nitrogens with zero attached hydrogens (tertiary/aromatic N) is 2. The lowest BCUT2D eigenvalue weighted by Gasteiger charge is -2.17. The van der Waals surface area contributed by atoms with Gasteiger partial charge in [0.05, 0.1) is 18.0 Å². The second kappa shape index (κ2) is 8.08. The van der Waals surface area contributed by atoms with E-state index >= 15 is 0 Å². The van der Waals surface area contributed by atoms with Crippen LogP contribution in [-0.2, 0) is 9.59 Å². The molecule has 1 aliphatic rings. The molecule has 8 heteroatoms. The molecule has 0 aliphatic carbocycles. The van der Waals surface area contributed by atoms with E-state index in [1.807, 2.05) is 19.1 Å². The van der Waals surface area contributed by atoms with Crippen molar-refractivity contribution < 1.29 is 19.1 Å². The molecule has 0 saturated carbocycles. The molecule has 3 rings (SSSR count). The van der Waals surface area contributed by atoms with Crippen molar-refractivity contribution in [3.63, 3.8) is 0 Å². The molecule has 2 bridgehead atoms. The Kier molecular flexibility index (Phi) is 5.58. The number of nitrogens with two attached hydrogens (primary N) is 1. The minimum atomic E-state index is -1.09. The first-order chi connectivity index (χ1) is 13.3. The average molecular weight is 382 g/mol. The number of carbonyl (C=O) groups excluding carboxylic acids is 3. The maximum atomic E-state index is 12.9. The molecule has 0 spiro atoms. The van der Waals surface area contributed by atoms with Gasteiger partial charge in [-0.3, -0.25) is 14.4 Å². The molecular formula is C20H22N4O4. The number of hydrogen-bond donors (Lipinski definition) is 2. The summed E-state index contributed by atoms with van der Waals surface area (Å²) in [4.78, 5) is 36.5. The van der Waals surface area contributed by atoms with Crippen molar-refractivity contribution in [3.05, 3.63) is 53.4 Å². The zero-order valence-electron chi connectivity index (χ0n) is 15.8. The van der Waals surface area contributed by atoms with Gasteiger partial charge in [-0.05, 0) is 38.5 Å². The number of amides is 2. The number of nitrogens with one attached hydrogen (secondary N) is 1. The van der Waals surface area contributed by atoms with Crippen LogP contribution < -0.4 is 15.8 Å². The van der Waals surface area contributed by atoms with Gasteiger partial charge in [0.15, 0.2) is 0 Å². The summed E-state index contributed by atoms with van der Waals surface area (Å²) < 4.78 is 7.28. The van der Waals surface area contributed by atoms with Gasteiger partial charge in [-0.1, -0.05) is 17.7 Å². The Morgan fingerprint density at radius 3 is 2.82 bits per heavy atom. The summed E-state index contributed by atoms with van der Waals surface area (Å²) in [6.45, 7) is 4.12. The van der Waals surface area contributed by atoms with Gasteiger partial charge < -0.3 is 15.8 Å². The van der Waals surface area contributed by atoms with Gasteiger partial charge in [-0.2, -0.15) is 5.10 Å². The molecule has 8 nitrogen and oxygen atoms in total. The fourth-order valence-electron chi connectivity index (χ4n) is 2.95. The van der Waals surface area contributed by atoms with Crippen LogP contribution >= 0.6 is 0 Å². The van der Waals surface area contributed by atoms with E-state index in [4.69, 9.17) is 10.5 Å². The maximum Gasteiger partial charge on any atom is 0.287 e. The Bertz CT molecular complexity index is 961. The van der Waals surface area contributed by atoms with Gasteiger partial charge in [-0.25, -0.2) is 4.68 Å². The number of hydrogen-bond acceptors (Lipinski definition) is 5. The van der Waals surface area contributed by atoms with Gasteiger partial charge in [0.25, 0.3) is 11.8 Å². The van der Waals surface area contributed by atoms with E-state index in [0.29, 0.717) is 30.2 Å². The summed E-state index contributed by atoms with van der Waals surface area (Å²) in [6, 6.07) is 7.82. The first kappa shape index (κ1) is 19.3. The molecular weight excluding hydrogens is 360 g/mol. The van der Waals surface area contributed by atoms with E-state index < -0.39 is 23.6 Å². The molecule has 1 aliphatic heterocycles. The molecule has 0 fully saturated rings. The van der Waals surface area contributed by atoms with E-state index in [2.05, 4.69) is 10.4 Å². The molecule has 2 heterocycles. The maximum absolute atomic E-state index is 12.9. The second-order valence-electron chi connectivity index (χ2n) is 6.72. The number of ether oxygens (including phenoxy) is 1. The number of fused-ring (bicyclic) bond motifs is 4. The number of primary amides is 1. The Morgan fingerprint density at radius 2 is 2.07 bits per heavy atom. The number of aromatic nitrogens is 2. The lowest BCUT2D eigenvalue weighted by molar-refractivity contribution is -0.137. The fourth-order valence-corrected chi connectivity index (χ4v) is 2.95. The van der Waals surface area contributed by atoms with Gasteiger partial charge in [0.2, 0.25) is 5.78 Å². The molecule has 28 heavy (non-hydrogen) atoms. The van der Waals surface area contributed by atoms with Crippen LogP contribution in [0.25, 0.3) is 5.69 Å². The third-order valence-corrected chi connectivity index (χ3v) is 4.46. The minimum absolute atomic E-state index is 0.164. The molecule has 3 N–H and O–H groups in total. The number of ketones is 1. The van der Waals surface area contributed by atoms with Crippen LogP contribution in [0.1, 0.15) is 35.9 Å². The molecule has 1 aromatic heterocycles. The number of aryl methyl sites for hydroxylation is 1. The molecule has 0 radical (unpaired) electrons. The highest BCUT2D eigenvalue weighted by Crippen LogP contribution is 2.20. The fraction of sp³-hybridized carbons (Fsp3) is 0.300. The van der Waals surface area contributed by atoms with Crippen LogP contribution in [0, 0.1) is 6.92 Å². The topological polar surface area (TPSA) is 116 Å². The molecule has 2 aromatic rings. The van der Waals surface area contributed by atoms with Gasteiger partial charge >= 0.3 is 0 Å². The summed E-state index contributed by atoms with van der Waals surface area (Å²) >= 11 is 0. The summed E-state index contributed by atoms with van der Waals surface area (Å²) in [7, 11) is 0. The molecule has 1 atom stereocenters. The zero-order chi connectivity index (χ0) is 20.3. The van der Waals surface area contributed by atoms with Crippen LogP contribution in [-0.4, -0.2) is 40.0 Å². The van der Waals surface area contributed by atoms with Crippen LogP contribution in [0.5, 0.6) is 5.75 Å². The third kappa shape index (κ3) is 4.28. The summed E-state index contributed by atoms with van der Waals surface area (Å²) in [5.41, 5.74) is 7.66. The number of benzene rings is 1. The van der Waals surface area contributed by atoms with E-state index in [1.165, 1.54) is 4.68 Å². The third-order valence-electron chi connectivity index (χ3n) is 4.46. The number of Topliss-reactive ketones (excluding diaryl/α,β-unsaturated/α-hetero) is 1. The zero-order valence-corrected chi connectivity index (χ0v) is 15.8. The van der Waals surface area contributed by atoms with Gasteiger partial charge in [0, 0.05) is 12.5 Å². The van der Waals surface area contributed by atoms with Crippen molar-refractivity contribution in [2.45, 2.75) is 32.7 Å². The molecule has 1 unspecified atom stereocenters. The summed E-state index contributed by atoms with van der Waals surface area (Å²) in [5.74, 6) is -1.78. The molecule has 2 amide bonds. The second-order valence-corrected chi connectivity index (χ2v) is 6.72. The van der Waals surface area contributed by atoms with Crippen LogP contribution in [0.2, 0.25) is 0 Å². The molecule has 146 valence electrons. The monoisotopic (exact) mass is 382 g/mol. The predicted molar refractivity (Wildman–Crippen MR) is 102 cm³/mol. The predicted octanol–water partition coefficient (Wildman–Crippen LogP) is 1.45. The lowest BCUT2D eigenvalue weighted by atomic mass is 10.0. The van der Waals surface area contributed by atoms with Crippen molar-refractivity contribution in [3.8, 4) is 11.4 Å². The quantitative estimate of drug-likeness (QED) is 0.602. The van der Waals surface area contributed by atoms with E-state index in [9.17, 15) is 14.4 Å².